The summed E-state index contributed by atoms with van der Waals surface area (Å²) < 4.78 is 36.5. The minimum Gasteiger partial charge on any atom is -0.772 e. The zero-order valence-corrected chi connectivity index (χ0v) is 19.8. The van der Waals surface area contributed by atoms with Crippen molar-refractivity contribution in [3.63, 3.8) is 0 Å². The molecule has 0 spiro atoms. The van der Waals surface area contributed by atoms with Gasteiger partial charge < -0.3 is 26.2 Å². The van der Waals surface area contributed by atoms with E-state index >= 15 is 0 Å². The summed E-state index contributed by atoms with van der Waals surface area (Å²) in [7, 11) is -1.89. The van der Waals surface area contributed by atoms with Crippen molar-refractivity contribution < 1.29 is 44.3 Å². The van der Waals surface area contributed by atoms with Gasteiger partial charge in [-0.05, 0) is 19.1 Å². The smallest absolute Gasteiger partial charge is 0.772 e. The molecule has 1 aromatic rings. The molecule has 11 heteroatoms. The summed E-state index contributed by atoms with van der Waals surface area (Å²) in [6.45, 7) is 1.81. The maximum atomic E-state index is 12.1. The summed E-state index contributed by atoms with van der Waals surface area (Å²) >= 11 is 5.02. The Hall–Kier alpha value is -1.11. The first-order valence-corrected chi connectivity index (χ1v) is 11.1. The van der Waals surface area contributed by atoms with E-state index in [1.165, 1.54) is 44.2 Å². The molecule has 1 aromatic carbocycles. The fourth-order valence-electron chi connectivity index (χ4n) is 2.17. The largest absolute Gasteiger partial charge is 3.00 e. The van der Waals surface area contributed by atoms with E-state index in [-0.39, 0.29) is 33.6 Å². The van der Waals surface area contributed by atoms with Gasteiger partial charge in [-0.2, -0.15) is 0 Å². The predicted molar refractivity (Wildman–Crippen MR) is 111 cm³/mol. The monoisotopic (exact) mass is 504 g/mol. The fraction of sp³-hybridized carbons (Fsp3) is 0.444. The van der Waals surface area contributed by atoms with Crippen LogP contribution in [0.3, 0.4) is 0 Å². The maximum Gasteiger partial charge on any atom is 3.00 e. The SMILES string of the molecule is C1CCCC1.COC(=O)/C([S-])=C(/S[N-]S(=O)(=O)c1ccc(C)cc1)C(=O)OC.[Co+3]. The second-order valence-corrected chi connectivity index (χ2v) is 8.88. The molecule has 1 saturated carbocycles. The normalized spacial score (nSPS) is 13.9. The molecule has 1 aliphatic carbocycles. The minimum atomic E-state index is -4.03. The number of carbonyl (C=O) groups excluding carboxylic acids is 2. The average Bonchev–Trinajstić information content (AvgIpc) is 3.27. The van der Waals surface area contributed by atoms with Gasteiger partial charge in [0.05, 0.1) is 19.1 Å². The Balaban J connectivity index is 0.00000113. The molecule has 0 aromatic heterocycles. The Morgan fingerprint density at radius 3 is 1.83 bits per heavy atom. The molecule has 0 atom stereocenters. The number of rotatable bonds is 6. The summed E-state index contributed by atoms with van der Waals surface area (Å²) in [5, 5.41) is 0. The summed E-state index contributed by atoms with van der Waals surface area (Å²) in [6.07, 6.45) is 7.50. The first kappa shape index (κ1) is 27.9. The molecule has 0 radical (unpaired) electrons. The van der Waals surface area contributed by atoms with Gasteiger partial charge in [-0.25, -0.2) is 30.0 Å². The molecule has 29 heavy (non-hydrogen) atoms. The van der Waals surface area contributed by atoms with Gasteiger partial charge in [-0.3, -0.25) is 0 Å². The van der Waals surface area contributed by atoms with E-state index in [9.17, 15) is 18.0 Å². The molecule has 1 aliphatic rings. The van der Waals surface area contributed by atoms with Gasteiger partial charge in [-0.15, -0.1) is 0 Å². The van der Waals surface area contributed by atoms with Crippen molar-refractivity contribution in [1.29, 1.82) is 0 Å². The van der Waals surface area contributed by atoms with Crippen LogP contribution in [0.25, 0.3) is 4.13 Å². The van der Waals surface area contributed by atoms with Crippen LogP contribution in [0.2, 0.25) is 0 Å². The van der Waals surface area contributed by atoms with Crippen LogP contribution in [0, 0.1) is 6.92 Å². The first-order chi connectivity index (χ1) is 13.2. The Morgan fingerprint density at radius 1 is 0.966 bits per heavy atom. The molecule has 0 N–H and O–H groups in total. The second kappa shape index (κ2) is 14.0. The number of esters is 2. The van der Waals surface area contributed by atoms with E-state index in [1.807, 2.05) is 0 Å². The van der Waals surface area contributed by atoms with Crippen LogP contribution in [0.4, 0.5) is 0 Å². The molecular weight excluding hydrogens is 481 g/mol. The number of ether oxygens (including phenoxy) is 2. The van der Waals surface area contributed by atoms with E-state index in [1.54, 1.807) is 19.1 Å². The van der Waals surface area contributed by atoms with Crippen LogP contribution in [0.15, 0.2) is 39.0 Å². The van der Waals surface area contributed by atoms with Crippen LogP contribution in [-0.4, -0.2) is 34.6 Å². The number of sulfonamides is 1. The zero-order valence-electron chi connectivity index (χ0n) is 16.3. The van der Waals surface area contributed by atoms with Crippen molar-refractivity contribution in [1.82, 2.24) is 0 Å². The van der Waals surface area contributed by atoms with Crippen molar-refractivity contribution in [2.45, 2.75) is 43.9 Å². The van der Waals surface area contributed by atoms with Crippen LogP contribution < -0.4 is 0 Å². The topological polar surface area (TPSA) is 101 Å². The number of hydrogen-bond acceptors (Lipinski definition) is 8. The Morgan fingerprint density at radius 2 is 1.41 bits per heavy atom. The van der Waals surface area contributed by atoms with Gasteiger partial charge in [0.2, 0.25) is 0 Å². The summed E-state index contributed by atoms with van der Waals surface area (Å²) in [5.74, 6) is -1.94. The quantitative estimate of drug-likeness (QED) is 0.250. The second-order valence-electron chi connectivity index (χ2n) is 5.86. The summed E-state index contributed by atoms with van der Waals surface area (Å²) in [6, 6.07) is 5.98. The van der Waals surface area contributed by atoms with E-state index in [0.29, 0.717) is 0 Å². The van der Waals surface area contributed by atoms with E-state index < -0.39 is 31.8 Å². The number of carbonyl (C=O) groups is 2. The van der Waals surface area contributed by atoms with Crippen molar-refractivity contribution in [3.8, 4) is 0 Å². The van der Waals surface area contributed by atoms with E-state index in [2.05, 4.69) is 13.6 Å². The van der Waals surface area contributed by atoms with Gasteiger partial charge >= 0.3 is 28.7 Å². The summed E-state index contributed by atoms with van der Waals surface area (Å²) in [5.41, 5.74) is 0.880. The third-order valence-electron chi connectivity index (χ3n) is 3.74. The number of nitrogens with zero attached hydrogens (tertiary/aromatic N) is 1. The van der Waals surface area contributed by atoms with Crippen LogP contribution >= 0.6 is 11.9 Å². The number of hydrogen-bond donors (Lipinski definition) is 0. The van der Waals surface area contributed by atoms with Gasteiger partial charge in [-0.1, -0.05) is 54.7 Å². The average molecular weight is 505 g/mol. The number of aryl methyl sites for hydroxylation is 1. The molecule has 0 bridgehead atoms. The van der Waals surface area contributed by atoms with Gasteiger partial charge in [0.25, 0.3) is 0 Å². The Bertz CT molecular complexity index is 798. The van der Waals surface area contributed by atoms with Gasteiger partial charge in [0.1, 0.15) is 10.0 Å². The molecule has 7 nitrogen and oxygen atoms in total. The Kier molecular flexibility index (Phi) is 13.5. The molecule has 1 fully saturated rings. The van der Waals surface area contributed by atoms with Crippen molar-refractivity contribution >= 4 is 46.5 Å². The zero-order chi connectivity index (χ0) is 21.2. The minimum absolute atomic E-state index is 0. The standard InChI is InChI=1S/C13H14NO6S3.C5H10.Co/c1-8-4-6-9(7-5-8)23(17,18)14-22-11(13(16)20-3)10(21)12(15)19-2;1-2-4-5-3-1;/h4-7H,1-3H3,(H,16,21);1-5H2;/q-1;;+3/p-1. The molecule has 2 rings (SSSR count). The molecular formula is C18H23CoNO6S3+. The fourth-order valence-corrected chi connectivity index (χ4v) is 4.29. The predicted octanol–water partition coefficient (Wildman–Crippen LogP) is 3.76. The van der Waals surface area contributed by atoms with Crippen molar-refractivity contribution in [3.05, 3.63) is 43.8 Å². The van der Waals surface area contributed by atoms with Gasteiger partial charge in [0.15, 0.2) is 0 Å². The van der Waals surface area contributed by atoms with Crippen LogP contribution in [0.1, 0.15) is 37.7 Å². The molecule has 0 unspecified atom stereocenters. The molecule has 162 valence electrons. The van der Waals surface area contributed by atoms with Gasteiger partial charge in [0, 0.05) is 4.90 Å². The van der Waals surface area contributed by atoms with Crippen molar-refractivity contribution in [2.75, 3.05) is 14.2 Å². The van der Waals surface area contributed by atoms with Crippen LogP contribution in [-0.2, 0) is 58.5 Å². The number of methoxy groups -OCH3 is 2. The molecule has 0 saturated heterocycles. The summed E-state index contributed by atoms with van der Waals surface area (Å²) in [4.78, 5) is 22.1. The molecule has 0 amide bonds. The maximum absolute atomic E-state index is 12.1. The third kappa shape index (κ3) is 9.49. The van der Waals surface area contributed by atoms with E-state index in [4.69, 9.17) is 12.6 Å². The Labute approximate surface area is 192 Å². The first-order valence-electron chi connectivity index (χ1n) is 8.52. The molecule has 0 aliphatic heterocycles. The number of benzene rings is 1. The van der Waals surface area contributed by atoms with Crippen molar-refractivity contribution in [2.24, 2.45) is 0 Å². The van der Waals surface area contributed by atoms with E-state index in [0.717, 1.165) is 19.8 Å². The molecule has 0 heterocycles. The van der Waals surface area contributed by atoms with Crippen LogP contribution in [0.5, 0.6) is 0 Å². The third-order valence-corrected chi connectivity index (χ3v) is 6.75.